The second-order valence-corrected chi connectivity index (χ2v) is 6.48. The third-order valence-electron chi connectivity index (χ3n) is 4.86. The number of piperazine rings is 1. The molecular weight excluding hydrogens is 342 g/mol. The van der Waals surface area contributed by atoms with E-state index in [4.69, 9.17) is 9.47 Å². The lowest BCUT2D eigenvalue weighted by molar-refractivity contribution is 0.0947. The maximum Gasteiger partial charge on any atom is 0.251 e. The van der Waals surface area contributed by atoms with Gasteiger partial charge in [-0.2, -0.15) is 0 Å². The SMILES string of the molecule is COc1ccc(C(=O)NCCN2CCN(c3ccccc3OC)CC2)cc1. The van der Waals surface area contributed by atoms with Gasteiger partial charge < -0.3 is 19.7 Å². The highest BCUT2D eigenvalue weighted by atomic mass is 16.5. The van der Waals surface area contributed by atoms with Crippen LogP contribution in [0.1, 0.15) is 10.4 Å². The Kier molecular flexibility index (Phi) is 6.54. The van der Waals surface area contributed by atoms with Gasteiger partial charge in [0.1, 0.15) is 11.5 Å². The highest BCUT2D eigenvalue weighted by molar-refractivity contribution is 5.94. The Labute approximate surface area is 160 Å². The topological polar surface area (TPSA) is 54.0 Å². The Morgan fingerprint density at radius 3 is 2.33 bits per heavy atom. The van der Waals surface area contributed by atoms with Crippen LogP contribution in [0.15, 0.2) is 48.5 Å². The number of benzene rings is 2. The van der Waals surface area contributed by atoms with Crippen LogP contribution in [0.2, 0.25) is 0 Å². The van der Waals surface area contributed by atoms with Crippen LogP contribution >= 0.6 is 0 Å². The summed E-state index contributed by atoms with van der Waals surface area (Å²) in [6.45, 7) is 5.33. The number of methoxy groups -OCH3 is 2. The summed E-state index contributed by atoms with van der Waals surface area (Å²) in [7, 11) is 3.32. The molecule has 0 saturated carbocycles. The van der Waals surface area contributed by atoms with Crippen molar-refractivity contribution in [3.63, 3.8) is 0 Å². The molecule has 144 valence electrons. The summed E-state index contributed by atoms with van der Waals surface area (Å²) in [5.41, 5.74) is 1.80. The van der Waals surface area contributed by atoms with Crippen LogP contribution in [-0.4, -0.2) is 64.3 Å². The molecule has 1 aliphatic rings. The Hall–Kier alpha value is -2.73. The number of nitrogens with one attached hydrogen (secondary N) is 1. The summed E-state index contributed by atoms with van der Waals surface area (Å²) in [5, 5.41) is 2.99. The van der Waals surface area contributed by atoms with Crippen LogP contribution < -0.4 is 19.7 Å². The predicted octanol–water partition coefficient (Wildman–Crippen LogP) is 2.26. The Bertz CT molecular complexity index is 741. The molecule has 1 aliphatic heterocycles. The molecule has 3 rings (SSSR count). The summed E-state index contributed by atoms with van der Waals surface area (Å²) >= 11 is 0. The Morgan fingerprint density at radius 1 is 0.963 bits per heavy atom. The molecule has 2 aromatic carbocycles. The first-order chi connectivity index (χ1) is 13.2. The third kappa shape index (κ3) is 4.92. The molecule has 0 spiro atoms. The number of anilines is 1. The maximum absolute atomic E-state index is 12.2. The number of nitrogens with zero attached hydrogens (tertiary/aromatic N) is 2. The van der Waals surface area contributed by atoms with Gasteiger partial charge in [0, 0.05) is 44.8 Å². The molecule has 1 N–H and O–H groups in total. The minimum Gasteiger partial charge on any atom is -0.497 e. The predicted molar refractivity (Wildman–Crippen MR) is 107 cm³/mol. The third-order valence-corrected chi connectivity index (χ3v) is 4.86. The monoisotopic (exact) mass is 369 g/mol. The van der Waals surface area contributed by atoms with Crippen LogP contribution in [0.4, 0.5) is 5.69 Å². The molecule has 0 aromatic heterocycles. The van der Waals surface area contributed by atoms with Crippen LogP contribution in [0, 0.1) is 0 Å². The number of ether oxygens (including phenoxy) is 2. The van der Waals surface area contributed by atoms with E-state index in [1.165, 1.54) is 0 Å². The Balaban J connectivity index is 1.42. The van der Waals surface area contributed by atoms with Crippen molar-refractivity contribution < 1.29 is 14.3 Å². The molecule has 6 nitrogen and oxygen atoms in total. The van der Waals surface area contributed by atoms with Crippen molar-refractivity contribution in [3.8, 4) is 11.5 Å². The fourth-order valence-electron chi connectivity index (χ4n) is 3.28. The standard InChI is InChI=1S/C21H27N3O3/c1-26-18-9-7-17(8-10-18)21(25)22-11-12-23-13-15-24(16-14-23)19-5-3-4-6-20(19)27-2/h3-10H,11-16H2,1-2H3,(H,22,25). The average Bonchev–Trinajstić information content (AvgIpc) is 2.74. The van der Waals surface area contributed by atoms with Gasteiger partial charge >= 0.3 is 0 Å². The lowest BCUT2D eigenvalue weighted by Crippen LogP contribution is -2.48. The summed E-state index contributed by atoms with van der Waals surface area (Å²) in [4.78, 5) is 16.9. The molecule has 6 heteroatoms. The zero-order valence-corrected chi connectivity index (χ0v) is 16.0. The first-order valence-corrected chi connectivity index (χ1v) is 9.24. The minimum absolute atomic E-state index is 0.0506. The van der Waals surface area contributed by atoms with E-state index in [1.807, 2.05) is 18.2 Å². The molecule has 27 heavy (non-hydrogen) atoms. The van der Waals surface area contributed by atoms with Gasteiger partial charge in [0.05, 0.1) is 19.9 Å². The van der Waals surface area contributed by atoms with Gasteiger partial charge in [0.25, 0.3) is 5.91 Å². The molecule has 0 radical (unpaired) electrons. The minimum atomic E-state index is -0.0506. The van der Waals surface area contributed by atoms with Gasteiger partial charge in [-0.1, -0.05) is 12.1 Å². The number of amides is 1. The van der Waals surface area contributed by atoms with Crippen molar-refractivity contribution >= 4 is 11.6 Å². The van der Waals surface area contributed by atoms with Crippen molar-refractivity contribution in [2.45, 2.75) is 0 Å². The van der Waals surface area contributed by atoms with Crippen molar-refractivity contribution in [1.82, 2.24) is 10.2 Å². The molecule has 0 atom stereocenters. The van der Waals surface area contributed by atoms with E-state index in [1.54, 1.807) is 38.5 Å². The molecule has 1 heterocycles. The number of hydrogen-bond donors (Lipinski definition) is 1. The van der Waals surface area contributed by atoms with E-state index in [2.05, 4.69) is 21.2 Å². The van der Waals surface area contributed by atoms with E-state index >= 15 is 0 Å². The summed E-state index contributed by atoms with van der Waals surface area (Å²) in [6.07, 6.45) is 0. The molecule has 1 saturated heterocycles. The number of hydrogen-bond acceptors (Lipinski definition) is 5. The van der Waals surface area contributed by atoms with E-state index in [0.29, 0.717) is 12.1 Å². The summed E-state index contributed by atoms with van der Waals surface area (Å²) < 4.78 is 10.6. The van der Waals surface area contributed by atoms with Gasteiger partial charge in [0.2, 0.25) is 0 Å². The molecular formula is C21H27N3O3. The lowest BCUT2D eigenvalue weighted by Gasteiger charge is -2.36. The molecule has 0 unspecified atom stereocenters. The maximum atomic E-state index is 12.2. The van der Waals surface area contributed by atoms with Crippen LogP contribution in [0.25, 0.3) is 0 Å². The normalized spacial score (nSPS) is 14.7. The van der Waals surface area contributed by atoms with Gasteiger partial charge in [-0.15, -0.1) is 0 Å². The van der Waals surface area contributed by atoms with Crippen LogP contribution in [-0.2, 0) is 0 Å². The fourth-order valence-corrected chi connectivity index (χ4v) is 3.28. The fraction of sp³-hybridized carbons (Fsp3) is 0.381. The summed E-state index contributed by atoms with van der Waals surface area (Å²) in [6, 6.07) is 15.3. The molecule has 2 aromatic rings. The number of para-hydroxylation sites is 2. The quantitative estimate of drug-likeness (QED) is 0.811. The zero-order valence-electron chi connectivity index (χ0n) is 16.0. The largest absolute Gasteiger partial charge is 0.497 e. The molecule has 1 amide bonds. The van der Waals surface area contributed by atoms with Crippen molar-refractivity contribution in [1.29, 1.82) is 0 Å². The highest BCUT2D eigenvalue weighted by Gasteiger charge is 2.19. The number of carbonyl (C=O) groups is 1. The van der Waals surface area contributed by atoms with Gasteiger partial charge in [-0.25, -0.2) is 0 Å². The van der Waals surface area contributed by atoms with E-state index in [0.717, 1.165) is 49.9 Å². The second kappa shape index (κ2) is 9.28. The van der Waals surface area contributed by atoms with Gasteiger partial charge in [-0.3, -0.25) is 9.69 Å². The van der Waals surface area contributed by atoms with E-state index in [-0.39, 0.29) is 5.91 Å². The van der Waals surface area contributed by atoms with Gasteiger partial charge in [0.15, 0.2) is 0 Å². The first-order valence-electron chi connectivity index (χ1n) is 9.24. The van der Waals surface area contributed by atoms with Crippen molar-refractivity contribution in [3.05, 3.63) is 54.1 Å². The molecule has 0 bridgehead atoms. The highest BCUT2D eigenvalue weighted by Crippen LogP contribution is 2.28. The molecule has 1 fully saturated rings. The summed E-state index contributed by atoms with van der Waals surface area (Å²) in [5.74, 6) is 1.61. The van der Waals surface area contributed by atoms with E-state index in [9.17, 15) is 4.79 Å². The number of carbonyl (C=O) groups excluding carboxylic acids is 1. The Morgan fingerprint density at radius 2 is 1.67 bits per heavy atom. The molecule has 0 aliphatic carbocycles. The zero-order chi connectivity index (χ0) is 19.1. The first kappa shape index (κ1) is 19.0. The van der Waals surface area contributed by atoms with Crippen molar-refractivity contribution in [2.75, 3.05) is 58.4 Å². The second-order valence-electron chi connectivity index (χ2n) is 6.48. The lowest BCUT2D eigenvalue weighted by atomic mass is 10.2. The number of rotatable bonds is 7. The van der Waals surface area contributed by atoms with Gasteiger partial charge in [-0.05, 0) is 36.4 Å². The van der Waals surface area contributed by atoms with E-state index < -0.39 is 0 Å². The smallest absolute Gasteiger partial charge is 0.251 e. The average molecular weight is 369 g/mol. The van der Waals surface area contributed by atoms with Crippen LogP contribution in [0.5, 0.6) is 11.5 Å². The van der Waals surface area contributed by atoms with Crippen molar-refractivity contribution in [2.24, 2.45) is 0 Å². The van der Waals surface area contributed by atoms with Crippen LogP contribution in [0.3, 0.4) is 0 Å².